The lowest BCUT2D eigenvalue weighted by Crippen LogP contribution is -2.59. The largest absolute Gasteiger partial charge is 0.392 e. The molecule has 0 aromatic heterocycles. The molecule has 5 rings (SSSR count). The van der Waals surface area contributed by atoms with E-state index in [1.165, 1.54) is 0 Å². The number of benzene rings is 1. The zero-order valence-corrected chi connectivity index (χ0v) is 18.1. The van der Waals surface area contributed by atoms with Crippen molar-refractivity contribution in [3.8, 4) is 0 Å². The fourth-order valence-corrected chi connectivity index (χ4v) is 7.74. The maximum absolute atomic E-state index is 13.5. The molecule has 4 nitrogen and oxygen atoms in total. The Balaban J connectivity index is 1.40. The second-order valence-electron chi connectivity index (χ2n) is 10.6. The number of carbonyl (C=O) groups excluding carboxylic acids is 2. The number of Topliss-reactive ketones (excluding diaryl/α,β-unsaturated/α-hetero) is 1. The third kappa shape index (κ3) is 2.83. The second-order valence-corrected chi connectivity index (χ2v) is 10.6. The van der Waals surface area contributed by atoms with Crippen molar-refractivity contribution in [3.05, 3.63) is 47.5 Å². The molecule has 4 aliphatic rings. The Kier molecular flexibility index (Phi) is 4.70. The van der Waals surface area contributed by atoms with Crippen LogP contribution in [0.25, 0.3) is 0 Å². The molecule has 4 heteroatoms. The average molecular weight is 408 g/mol. The standard InChI is InChI=1S/C26H33NO3/c1-25-13-11-20-18(7-10-22-26(20,2)14-12-23(29)27-22)19(25)8-9-21(25)24(30)17-5-3-16(15-28)4-6-17/h3-6,12,14,18-22,28H,7-11,13,15H2,1-2H3,(H,27,29)/t18-,19-,20+,21?,22?,25-,26+/m0/s1. The van der Waals surface area contributed by atoms with E-state index in [0.717, 1.165) is 49.7 Å². The van der Waals surface area contributed by atoms with Crippen LogP contribution in [0.2, 0.25) is 0 Å². The molecule has 160 valence electrons. The number of carbonyl (C=O) groups is 2. The third-order valence-corrected chi connectivity index (χ3v) is 9.42. The summed E-state index contributed by atoms with van der Waals surface area (Å²) in [6.45, 7) is 4.72. The number of nitrogens with one attached hydrogen (secondary N) is 1. The van der Waals surface area contributed by atoms with Crippen molar-refractivity contribution in [1.82, 2.24) is 5.32 Å². The summed E-state index contributed by atoms with van der Waals surface area (Å²) < 4.78 is 0. The van der Waals surface area contributed by atoms with E-state index < -0.39 is 0 Å². The van der Waals surface area contributed by atoms with Gasteiger partial charge in [0.05, 0.1) is 6.61 Å². The van der Waals surface area contributed by atoms with Gasteiger partial charge in [0.2, 0.25) is 5.91 Å². The van der Waals surface area contributed by atoms with Crippen LogP contribution >= 0.6 is 0 Å². The minimum Gasteiger partial charge on any atom is -0.392 e. The molecule has 0 bridgehead atoms. The highest BCUT2D eigenvalue weighted by molar-refractivity contribution is 5.98. The molecule has 2 N–H and O–H groups in total. The SMILES string of the molecule is C[C@]12C=CC(=O)NC1CC[C@@H]1[C@H]2CC[C@]2(C)C(C(=O)c3ccc(CO)cc3)CC[C@@H]12. The maximum atomic E-state index is 13.5. The van der Waals surface area contributed by atoms with Crippen molar-refractivity contribution in [3.63, 3.8) is 0 Å². The number of fused-ring (bicyclic) bond motifs is 5. The van der Waals surface area contributed by atoms with Crippen molar-refractivity contribution in [2.24, 2.45) is 34.5 Å². The van der Waals surface area contributed by atoms with Gasteiger partial charge in [-0.05, 0) is 73.3 Å². The van der Waals surface area contributed by atoms with Crippen LogP contribution in [0.5, 0.6) is 0 Å². The van der Waals surface area contributed by atoms with Crippen LogP contribution in [0.1, 0.15) is 68.3 Å². The highest BCUT2D eigenvalue weighted by Crippen LogP contribution is 2.65. The first kappa shape index (κ1) is 20.0. The van der Waals surface area contributed by atoms with E-state index in [-0.39, 0.29) is 41.1 Å². The molecule has 30 heavy (non-hydrogen) atoms. The predicted molar refractivity (Wildman–Crippen MR) is 116 cm³/mol. The van der Waals surface area contributed by atoms with Crippen molar-refractivity contribution in [2.75, 3.05) is 0 Å². The van der Waals surface area contributed by atoms with E-state index in [4.69, 9.17) is 0 Å². The zero-order valence-electron chi connectivity index (χ0n) is 18.1. The van der Waals surface area contributed by atoms with Crippen molar-refractivity contribution in [1.29, 1.82) is 0 Å². The van der Waals surface area contributed by atoms with Crippen LogP contribution in [0.3, 0.4) is 0 Å². The van der Waals surface area contributed by atoms with Crippen LogP contribution in [-0.2, 0) is 11.4 Å². The van der Waals surface area contributed by atoms with Gasteiger partial charge in [0.1, 0.15) is 0 Å². The van der Waals surface area contributed by atoms with Crippen molar-refractivity contribution < 1.29 is 14.7 Å². The molecule has 1 aromatic rings. The number of rotatable bonds is 3. The first-order chi connectivity index (χ1) is 14.4. The topological polar surface area (TPSA) is 66.4 Å². The zero-order chi connectivity index (χ0) is 21.1. The van der Waals surface area contributed by atoms with Gasteiger partial charge < -0.3 is 10.4 Å². The normalized spacial score (nSPS) is 42.1. The van der Waals surface area contributed by atoms with Crippen LogP contribution in [0.4, 0.5) is 0 Å². The molecule has 7 atom stereocenters. The van der Waals surface area contributed by atoms with Gasteiger partial charge >= 0.3 is 0 Å². The van der Waals surface area contributed by atoms with E-state index in [1.807, 2.05) is 24.3 Å². The number of hydrogen-bond acceptors (Lipinski definition) is 3. The molecular weight excluding hydrogens is 374 g/mol. The van der Waals surface area contributed by atoms with E-state index in [0.29, 0.717) is 17.8 Å². The summed E-state index contributed by atoms with van der Waals surface area (Å²) in [6, 6.07) is 7.76. The molecule has 1 heterocycles. The summed E-state index contributed by atoms with van der Waals surface area (Å²) >= 11 is 0. The molecule has 3 saturated carbocycles. The van der Waals surface area contributed by atoms with Crippen molar-refractivity contribution in [2.45, 2.75) is 65.0 Å². The molecule has 3 aliphatic carbocycles. The van der Waals surface area contributed by atoms with E-state index in [2.05, 4.69) is 25.2 Å². The minimum absolute atomic E-state index is 0.00934. The van der Waals surface area contributed by atoms with Gasteiger partial charge in [-0.25, -0.2) is 0 Å². The molecule has 1 aliphatic heterocycles. The molecule has 1 amide bonds. The molecule has 3 fully saturated rings. The number of aliphatic hydroxyl groups excluding tert-OH is 1. The molecule has 0 saturated heterocycles. The van der Waals surface area contributed by atoms with Gasteiger partial charge in [0.25, 0.3) is 0 Å². The highest BCUT2D eigenvalue weighted by atomic mass is 16.3. The Morgan fingerprint density at radius 2 is 1.83 bits per heavy atom. The maximum Gasteiger partial charge on any atom is 0.243 e. The summed E-state index contributed by atoms with van der Waals surface area (Å²) in [5, 5.41) is 12.5. The summed E-state index contributed by atoms with van der Waals surface area (Å²) in [7, 11) is 0. The lowest BCUT2D eigenvalue weighted by atomic mass is 9.47. The smallest absolute Gasteiger partial charge is 0.243 e. The van der Waals surface area contributed by atoms with Gasteiger partial charge in [-0.2, -0.15) is 0 Å². The Morgan fingerprint density at radius 1 is 1.07 bits per heavy atom. The monoisotopic (exact) mass is 407 g/mol. The van der Waals surface area contributed by atoms with E-state index in [1.54, 1.807) is 6.08 Å². The first-order valence-electron chi connectivity index (χ1n) is 11.6. The van der Waals surface area contributed by atoms with Crippen LogP contribution in [0.15, 0.2) is 36.4 Å². The van der Waals surface area contributed by atoms with Crippen LogP contribution in [-0.4, -0.2) is 22.8 Å². The molecule has 0 radical (unpaired) electrons. The number of amides is 1. The fourth-order valence-electron chi connectivity index (χ4n) is 7.74. The molecular formula is C26H33NO3. The Bertz CT molecular complexity index is 890. The van der Waals surface area contributed by atoms with Gasteiger partial charge in [-0.3, -0.25) is 9.59 Å². The summed E-state index contributed by atoms with van der Waals surface area (Å²) in [5.74, 6) is 2.24. The number of aliphatic hydroxyl groups is 1. The third-order valence-electron chi connectivity index (χ3n) is 9.42. The minimum atomic E-state index is 0.00934. The average Bonchev–Trinajstić information content (AvgIpc) is 3.11. The van der Waals surface area contributed by atoms with Gasteiger partial charge in [-0.1, -0.05) is 44.2 Å². The second kappa shape index (κ2) is 7.05. The predicted octanol–water partition coefficient (Wildman–Crippen LogP) is 4.28. The van der Waals surface area contributed by atoms with Gasteiger partial charge in [0, 0.05) is 22.9 Å². The van der Waals surface area contributed by atoms with Crippen LogP contribution in [0, 0.1) is 34.5 Å². The Morgan fingerprint density at radius 3 is 2.57 bits per heavy atom. The highest BCUT2D eigenvalue weighted by Gasteiger charge is 2.60. The van der Waals surface area contributed by atoms with E-state index >= 15 is 0 Å². The Labute approximate surface area is 179 Å². The molecule has 1 aromatic carbocycles. The van der Waals surface area contributed by atoms with Crippen molar-refractivity contribution >= 4 is 11.7 Å². The summed E-state index contributed by atoms with van der Waals surface area (Å²) in [6.07, 6.45) is 10.5. The number of ketones is 1. The van der Waals surface area contributed by atoms with Gasteiger partial charge in [-0.15, -0.1) is 0 Å². The van der Waals surface area contributed by atoms with Crippen LogP contribution < -0.4 is 5.32 Å². The summed E-state index contributed by atoms with van der Waals surface area (Å²) in [4.78, 5) is 25.4. The van der Waals surface area contributed by atoms with Gasteiger partial charge in [0.15, 0.2) is 5.78 Å². The Hall–Kier alpha value is -1.94. The first-order valence-corrected chi connectivity index (χ1v) is 11.6. The fraction of sp³-hybridized carbons (Fsp3) is 0.615. The molecule has 2 unspecified atom stereocenters. The number of hydrogen-bond donors (Lipinski definition) is 2. The molecule has 0 spiro atoms. The quantitative estimate of drug-likeness (QED) is 0.735. The summed E-state index contributed by atoms with van der Waals surface area (Å²) in [5.41, 5.74) is 1.74. The van der Waals surface area contributed by atoms with E-state index in [9.17, 15) is 14.7 Å². The lowest BCUT2D eigenvalue weighted by Gasteiger charge is -2.58. The lowest BCUT2D eigenvalue weighted by molar-refractivity contribution is -0.122.